The summed E-state index contributed by atoms with van der Waals surface area (Å²) >= 11 is 5.06. The molecule has 0 atom stereocenters. The number of hydrogen-bond acceptors (Lipinski definition) is 3. The van der Waals surface area contributed by atoms with Crippen LogP contribution in [0.25, 0.3) is 0 Å². The van der Waals surface area contributed by atoms with Gasteiger partial charge in [0.25, 0.3) is 0 Å². The van der Waals surface area contributed by atoms with Gasteiger partial charge in [-0.15, -0.1) is 11.3 Å². The number of likely N-dealkylation sites (N-methyl/N-ethyl adjacent to an activating group) is 1. The minimum Gasteiger partial charge on any atom is -0.302 e. The molecule has 0 unspecified atom stereocenters. The smallest absolute Gasteiger partial charge is 0.160 e. The number of carbonyl (C=O) groups excluding carboxylic acids is 1. The molecule has 0 saturated carbocycles. The van der Waals surface area contributed by atoms with Crippen LogP contribution < -0.4 is 0 Å². The predicted octanol–water partition coefficient (Wildman–Crippen LogP) is 2.31. The van der Waals surface area contributed by atoms with E-state index in [2.05, 4.69) is 27.9 Å². The van der Waals surface area contributed by atoms with Gasteiger partial charge in [-0.05, 0) is 40.5 Å². The van der Waals surface area contributed by atoms with Gasteiger partial charge in [-0.1, -0.05) is 0 Å². The lowest BCUT2D eigenvalue weighted by atomic mass is 10.0. The fourth-order valence-electron chi connectivity index (χ4n) is 1.67. The highest BCUT2D eigenvalue weighted by atomic mass is 79.9. The van der Waals surface area contributed by atoms with Crippen LogP contribution in [0.4, 0.5) is 0 Å². The quantitative estimate of drug-likeness (QED) is 0.722. The van der Waals surface area contributed by atoms with Crippen LogP contribution in [-0.4, -0.2) is 24.8 Å². The van der Waals surface area contributed by atoms with E-state index in [4.69, 9.17) is 0 Å². The Balaban J connectivity index is 2.47. The third kappa shape index (κ3) is 1.58. The summed E-state index contributed by atoms with van der Waals surface area (Å²) in [6.45, 7) is 2.01. The standard InChI is InChI=1S/C9H10BrNOS/c1-11-3-2-6-7(4-11)9(10)13-8(6)5-12/h5H,2-4H2,1H3. The van der Waals surface area contributed by atoms with Gasteiger partial charge < -0.3 is 4.90 Å². The molecule has 0 radical (unpaired) electrons. The van der Waals surface area contributed by atoms with Gasteiger partial charge in [-0.25, -0.2) is 0 Å². The average molecular weight is 260 g/mol. The van der Waals surface area contributed by atoms with Crippen molar-refractivity contribution in [3.05, 3.63) is 19.8 Å². The number of nitrogens with zero attached hydrogens (tertiary/aromatic N) is 1. The van der Waals surface area contributed by atoms with Gasteiger partial charge in [0.15, 0.2) is 6.29 Å². The number of thiophene rings is 1. The lowest BCUT2D eigenvalue weighted by Crippen LogP contribution is -2.26. The van der Waals surface area contributed by atoms with E-state index in [9.17, 15) is 4.79 Å². The van der Waals surface area contributed by atoms with E-state index in [-0.39, 0.29) is 0 Å². The number of halogens is 1. The zero-order valence-electron chi connectivity index (χ0n) is 7.34. The Morgan fingerprint density at radius 3 is 3.00 bits per heavy atom. The Hall–Kier alpha value is -0.190. The van der Waals surface area contributed by atoms with Gasteiger partial charge in [-0.2, -0.15) is 0 Å². The molecule has 2 rings (SSSR count). The summed E-state index contributed by atoms with van der Waals surface area (Å²) in [5.41, 5.74) is 2.56. The van der Waals surface area contributed by atoms with Crippen molar-refractivity contribution in [2.45, 2.75) is 13.0 Å². The first-order valence-electron chi connectivity index (χ1n) is 4.16. The number of carbonyl (C=O) groups is 1. The second kappa shape index (κ2) is 3.52. The van der Waals surface area contributed by atoms with Crippen LogP contribution in [0.5, 0.6) is 0 Å². The first-order valence-corrected chi connectivity index (χ1v) is 5.77. The molecule has 0 aromatic carbocycles. The lowest BCUT2D eigenvalue weighted by molar-refractivity contribution is 0.112. The molecule has 1 aliphatic rings. The van der Waals surface area contributed by atoms with Crippen molar-refractivity contribution < 1.29 is 4.79 Å². The molecule has 0 amide bonds. The van der Waals surface area contributed by atoms with Gasteiger partial charge in [-0.3, -0.25) is 4.79 Å². The zero-order valence-corrected chi connectivity index (χ0v) is 9.74. The fraction of sp³-hybridized carbons (Fsp3) is 0.444. The van der Waals surface area contributed by atoms with Crippen molar-refractivity contribution in [3.63, 3.8) is 0 Å². The fourth-order valence-corrected chi connectivity index (χ4v) is 3.45. The Labute approximate surface area is 89.7 Å². The summed E-state index contributed by atoms with van der Waals surface area (Å²) in [6.07, 6.45) is 1.97. The van der Waals surface area contributed by atoms with Crippen LogP contribution in [0.1, 0.15) is 20.8 Å². The highest BCUT2D eigenvalue weighted by molar-refractivity contribution is 9.11. The summed E-state index contributed by atoms with van der Waals surface area (Å²) in [4.78, 5) is 13.9. The topological polar surface area (TPSA) is 20.3 Å². The highest BCUT2D eigenvalue weighted by Gasteiger charge is 2.21. The average Bonchev–Trinajstić information content (AvgIpc) is 2.43. The van der Waals surface area contributed by atoms with Gasteiger partial charge in [0.1, 0.15) is 0 Å². The van der Waals surface area contributed by atoms with Crippen LogP contribution in [0, 0.1) is 0 Å². The summed E-state index contributed by atoms with van der Waals surface area (Å²) in [5.74, 6) is 0. The van der Waals surface area contributed by atoms with Gasteiger partial charge in [0.05, 0.1) is 8.66 Å². The Kier molecular flexibility index (Phi) is 2.53. The third-order valence-electron chi connectivity index (χ3n) is 2.38. The van der Waals surface area contributed by atoms with Crippen molar-refractivity contribution in [2.75, 3.05) is 13.6 Å². The molecular weight excluding hydrogens is 250 g/mol. The monoisotopic (exact) mass is 259 g/mol. The van der Waals surface area contributed by atoms with Crippen molar-refractivity contribution in [2.24, 2.45) is 0 Å². The van der Waals surface area contributed by atoms with Crippen LogP contribution >= 0.6 is 27.3 Å². The molecule has 4 heteroatoms. The SMILES string of the molecule is CN1CCc2c(C=O)sc(Br)c2C1. The predicted molar refractivity (Wildman–Crippen MR) is 57.4 cm³/mol. The van der Waals surface area contributed by atoms with E-state index < -0.39 is 0 Å². The molecule has 0 bridgehead atoms. The number of hydrogen-bond donors (Lipinski definition) is 0. The molecule has 1 aromatic heterocycles. The molecule has 1 aliphatic heterocycles. The minimum absolute atomic E-state index is 0.898. The Bertz CT molecular complexity index is 348. The maximum absolute atomic E-state index is 10.7. The first kappa shape index (κ1) is 9.37. The lowest BCUT2D eigenvalue weighted by Gasteiger charge is -2.22. The molecule has 1 aromatic rings. The number of aldehydes is 1. The number of rotatable bonds is 1. The van der Waals surface area contributed by atoms with E-state index >= 15 is 0 Å². The maximum Gasteiger partial charge on any atom is 0.160 e. The largest absolute Gasteiger partial charge is 0.302 e. The van der Waals surface area contributed by atoms with Gasteiger partial charge in [0, 0.05) is 13.1 Å². The summed E-state index contributed by atoms with van der Waals surface area (Å²) in [6, 6.07) is 0. The second-order valence-electron chi connectivity index (χ2n) is 3.30. The molecule has 0 N–H and O–H groups in total. The normalized spacial score (nSPS) is 17.1. The van der Waals surface area contributed by atoms with Crippen molar-refractivity contribution in [1.82, 2.24) is 4.90 Å². The second-order valence-corrected chi connectivity index (χ2v) is 5.67. The highest BCUT2D eigenvalue weighted by Crippen LogP contribution is 2.35. The zero-order chi connectivity index (χ0) is 9.42. The Morgan fingerprint density at radius 2 is 2.31 bits per heavy atom. The van der Waals surface area contributed by atoms with E-state index in [1.807, 2.05) is 0 Å². The molecule has 2 heterocycles. The maximum atomic E-state index is 10.7. The van der Waals surface area contributed by atoms with Crippen LogP contribution in [0.2, 0.25) is 0 Å². The van der Waals surface area contributed by atoms with Crippen LogP contribution in [0.3, 0.4) is 0 Å². The molecule has 70 valence electrons. The number of fused-ring (bicyclic) bond motifs is 1. The molecule has 2 nitrogen and oxygen atoms in total. The molecule has 0 saturated heterocycles. The van der Waals surface area contributed by atoms with Crippen LogP contribution in [-0.2, 0) is 13.0 Å². The van der Waals surface area contributed by atoms with E-state index in [0.717, 1.165) is 34.5 Å². The summed E-state index contributed by atoms with van der Waals surface area (Å²) < 4.78 is 1.12. The molecule has 0 spiro atoms. The van der Waals surface area contributed by atoms with Crippen LogP contribution in [0.15, 0.2) is 3.79 Å². The molecule has 13 heavy (non-hydrogen) atoms. The van der Waals surface area contributed by atoms with E-state index in [0.29, 0.717) is 0 Å². The third-order valence-corrected chi connectivity index (χ3v) is 4.33. The summed E-state index contributed by atoms with van der Waals surface area (Å²) in [5, 5.41) is 0. The molecule has 0 aliphatic carbocycles. The minimum atomic E-state index is 0.898. The van der Waals surface area contributed by atoms with E-state index in [1.165, 1.54) is 11.1 Å². The first-order chi connectivity index (χ1) is 6.22. The molecular formula is C9H10BrNOS. The van der Waals surface area contributed by atoms with Crippen molar-refractivity contribution in [3.8, 4) is 0 Å². The van der Waals surface area contributed by atoms with Gasteiger partial charge >= 0.3 is 0 Å². The summed E-state index contributed by atoms with van der Waals surface area (Å²) in [7, 11) is 2.10. The van der Waals surface area contributed by atoms with E-state index in [1.54, 1.807) is 11.3 Å². The Morgan fingerprint density at radius 1 is 1.54 bits per heavy atom. The van der Waals surface area contributed by atoms with Crippen molar-refractivity contribution in [1.29, 1.82) is 0 Å². The van der Waals surface area contributed by atoms with Gasteiger partial charge in [0.2, 0.25) is 0 Å². The molecule has 0 fully saturated rings. The van der Waals surface area contributed by atoms with Crippen molar-refractivity contribution >= 4 is 33.6 Å².